The van der Waals surface area contributed by atoms with E-state index in [9.17, 15) is 8.78 Å². The van der Waals surface area contributed by atoms with E-state index in [1.54, 1.807) is 6.07 Å². The fourth-order valence-electron chi connectivity index (χ4n) is 1.60. The number of aryl methyl sites for hydroxylation is 1. The van der Waals surface area contributed by atoms with Crippen LogP contribution < -0.4 is 5.73 Å². The Morgan fingerprint density at radius 3 is 2.44 bits per heavy atom. The molecule has 1 nitrogen and oxygen atoms in total. The fourth-order valence-corrected chi connectivity index (χ4v) is 1.60. The summed E-state index contributed by atoms with van der Waals surface area (Å²) in [6, 6.07) is 9.46. The van der Waals surface area contributed by atoms with Gasteiger partial charge in [0, 0.05) is 11.6 Å². The first kappa shape index (κ1) is 10.6. The molecule has 2 rings (SSSR count). The molecule has 0 radical (unpaired) electrons. The minimum atomic E-state index is -0.728. The Morgan fingerprint density at radius 1 is 1.00 bits per heavy atom. The van der Waals surface area contributed by atoms with Crippen LogP contribution in [-0.4, -0.2) is 0 Å². The van der Waals surface area contributed by atoms with E-state index in [0.29, 0.717) is 11.1 Å². The minimum absolute atomic E-state index is 0.0436. The number of nitrogen functional groups attached to an aromatic ring is 1. The summed E-state index contributed by atoms with van der Waals surface area (Å²) in [7, 11) is 0. The maximum absolute atomic E-state index is 13.6. The average molecular weight is 219 g/mol. The predicted molar refractivity (Wildman–Crippen MR) is 60.9 cm³/mol. The number of nitrogens with two attached hydrogens (primary N) is 1. The summed E-state index contributed by atoms with van der Waals surface area (Å²) in [4.78, 5) is 0. The second-order valence-corrected chi connectivity index (χ2v) is 3.72. The van der Waals surface area contributed by atoms with Crippen molar-refractivity contribution in [2.45, 2.75) is 6.92 Å². The van der Waals surface area contributed by atoms with Gasteiger partial charge in [-0.15, -0.1) is 0 Å². The van der Waals surface area contributed by atoms with Crippen LogP contribution >= 0.6 is 0 Å². The van der Waals surface area contributed by atoms with Crippen molar-refractivity contribution in [1.82, 2.24) is 0 Å². The van der Waals surface area contributed by atoms with Gasteiger partial charge in [-0.2, -0.15) is 0 Å². The second-order valence-electron chi connectivity index (χ2n) is 3.72. The Bertz CT molecular complexity index is 535. The van der Waals surface area contributed by atoms with Crippen molar-refractivity contribution in [3.8, 4) is 11.1 Å². The average Bonchev–Trinajstić information content (AvgIpc) is 2.23. The monoisotopic (exact) mass is 219 g/mol. The Hall–Kier alpha value is -1.90. The maximum Gasteiger partial charge on any atom is 0.149 e. The van der Waals surface area contributed by atoms with E-state index in [-0.39, 0.29) is 5.69 Å². The molecule has 2 aromatic carbocycles. The SMILES string of the molecule is Cc1cccc(-c2cc(N)c(F)cc2F)c1. The number of anilines is 1. The first-order chi connectivity index (χ1) is 7.58. The molecule has 0 saturated carbocycles. The Labute approximate surface area is 92.5 Å². The molecule has 0 aliphatic heterocycles. The van der Waals surface area contributed by atoms with Crippen LogP contribution in [0.2, 0.25) is 0 Å². The van der Waals surface area contributed by atoms with Crippen molar-refractivity contribution < 1.29 is 8.78 Å². The molecule has 82 valence electrons. The summed E-state index contributed by atoms with van der Waals surface area (Å²) in [6.07, 6.45) is 0. The third-order valence-corrected chi connectivity index (χ3v) is 2.42. The minimum Gasteiger partial charge on any atom is -0.396 e. The van der Waals surface area contributed by atoms with E-state index < -0.39 is 11.6 Å². The number of rotatable bonds is 1. The van der Waals surface area contributed by atoms with E-state index in [1.807, 2.05) is 25.1 Å². The topological polar surface area (TPSA) is 26.0 Å². The van der Waals surface area contributed by atoms with Gasteiger partial charge in [0.05, 0.1) is 5.69 Å². The molecule has 0 aromatic heterocycles. The molecule has 0 atom stereocenters. The van der Waals surface area contributed by atoms with Gasteiger partial charge < -0.3 is 5.73 Å². The Balaban J connectivity index is 2.60. The van der Waals surface area contributed by atoms with Crippen LogP contribution in [0.4, 0.5) is 14.5 Å². The normalized spacial score (nSPS) is 10.4. The molecule has 0 bridgehead atoms. The van der Waals surface area contributed by atoms with E-state index >= 15 is 0 Å². The zero-order chi connectivity index (χ0) is 11.7. The molecule has 0 aliphatic carbocycles. The van der Waals surface area contributed by atoms with Crippen molar-refractivity contribution in [1.29, 1.82) is 0 Å². The predicted octanol–water partition coefficient (Wildman–Crippen LogP) is 3.52. The van der Waals surface area contributed by atoms with Gasteiger partial charge in [-0.05, 0) is 18.6 Å². The summed E-state index contributed by atoms with van der Waals surface area (Å²) in [5.74, 6) is -1.33. The third kappa shape index (κ3) is 1.89. The standard InChI is InChI=1S/C13H11F2N/c1-8-3-2-4-9(5-8)10-6-13(16)12(15)7-11(10)14/h2-7H,16H2,1H3. The molecule has 0 heterocycles. The Kier molecular flexibility index (Phi) is 2.60. The van der Waals surface area contributed by atoms with E-state index in [2.05, 4.69) is 0 Å². The highest BCUT2D eigenvalue weighted by molar-refractivity contribution is 5.68. The van der Waals surface area contributed by atoms with Crippen LogP contribution in [0, 0.1) is 18.6 Å². The fraction of sp³-hybridized carbons (Fsp3) is 0.0769. The first-order valence-electron chi connectivity index (χ1n) is 4.89. The molecule has 0 unspecified atom stereocenters. The summed E-state index contributed by atoms with van der Waals surface area (Å²) in [6.45, 7) is 1.91. The molecule has 0 amide bonds. The van der Waals surface area contributed by atoms with Gasteiger partial charge in [0.1, 0.15) is 11.6 Å². The van der Waals surface area contributed by atoms with Crippen molar-refractivity contribution >= 4 is 5.69 Å². The molecule has 0 aliphatic rings. The highest BCUT2D eigenvalue weighted by Crippen LogP contribution is 2.27. The summed E-state index contributed by atoms with van der Waals surface area (Å²) < 4.78 is 26.5. The number of halogens is 2. The quantitative estimate of drug-likeness (QED) is 0.729. The molecular formula is C13H11F2N. The molecule has 0 spiro atoms. The zero-order valence-corrected chi connectivity index (χ0v) is 8.80. The summed E-state index contributed by atoms with van der Waals surface area (Å²) >= 11 is 0. The lowest BCUT2D eigenvalue weighted by Crippen LogP contribution is -1.94. The van der Waals surface area contributed by atoms with Crippen LogP contribution in [0.15, 0.2) is 36.4 Å². The van der Waals surface area contributed by atoms with Crippen LogP contribution in [0.1, 0.15) is 5.56 Å². The Morgan fingerprint density at radius 2 is 1.75 bits per heavy atom. The van der Waals surface area contributed by atoms with Crippen molar-refractivity contribution in [3.63, 3.8) is 0 Å². The van der Waals surface area contributed by atoms with Gasteiger partial charge in [-0.1, -0.05) is 29.8 Å². The lowest BCUT2D eigenvalue weighted by molar-refractivity contribution is 0.588. The van der Waals surface area contributed by atoms with Crippen LogP contribution in [0.3, 0.4) is 0 Å². The van der Waals surface area contributed by atoms with Gasteiger partial charge >= 0.3 is 0 Å². The number of hydrogen-bond donors (Lipinski definition) is 1. The van der Waals surface area contributed by atoms with Crippen molar-refractivity contribution in [3.05, 3.63) is 53.6 Å². The summed E-state index contributed by atoms with van der Waals surface area (Å²) in [5.41, 5.74) is 7.41. The molecular weight excluding hydrogens is 208 g/mol. The zero-order valence-electron chi connectivity index (χ0n) is 8.80. The summed E-state index contributed by atoms with van der Waals surface area (Å²) in [5, 5.41) is 0. The third-order valence-electron chi connectivity index (χ3n) is 2.42. The van der Waals surface area contributed by atoms with E-state index in [1.165, 1.54) is 6.07 Å². The number of hydrogen-bond acceptors (Lipinski definition) is 1. The first-order valence-corrected chi connectivity index (χ1v) is 4.89. The lowest BCUT2D eigenvalue weighted by Gasteiger charge is -2.06. The van der Waals surface area contributed by atoms with Gasteiger partial charge in [-0.25, -0.2) is 8.78 Å². The van der Waals surface area contributed by atoms with Crippen LogP contribution in [0.25, 0.3) is 11.1 Å². The lowest BCUT2D eigenvalue weighted by atomic mass is 10.0. The second kappa shape index (κ2) is 3.93. The van der Waals surface area contributed by atoms with Gasteiger partial charge in [-0.3, -0.25) is 0 Å². The maximum atomic E-state index is 13.6. The van der Waals surface area contributed by atoms with Gasteiger partial charge in [0.2, 0.25) is 0 Å². The van der Waals surface area contributed by atoms with Crippen LogP contribution in [0.5, 0.6) is 0 Å². The largest absolute Gasteiger partial charge is 0.396 e. The molecule has 16 heavy (non-hydrogen) atoms. The van der Waals surface area contributed by atoms with Crippen molar-refractivity contribution in [2.75, 3.05) is 5.73 Å². The van der Waals surface area contributed by atoms with E-state index in [4.69, 9.17) is 5.73 Å². The molecule has 0 saturated heterocycles. The number of benzene rings is 2. The molecule has 2 N–H and O–H groups in total. The van der Waals surface area contributed by atoms with E-state index in [0.717, 1.165) is 11.6 Å². The highest BCUT2D eigenvalue weighted by Gasteiger charge is 2.09. The van der Waals surface area contributed by atoms with Gasteiger partial charge in [0.25, 0.3) is 0 Å². The highest BCUT2D eigenvalue weighted by atomic mass is 19.1. The smallest absolute Gasteiger partial charge is 0.149 e. The van der Waals surface area contributed by atoms with Crippen molar-refractivity contribution in [2.24, 2.45) is 0 Å². The van der Waals surface area contributed by atoms with Gasteiger partial charge in [0.15, 0.2) is 0 Å². The molecule has 0 fully saturated rings. The molecule has 2 aromatic rings. The molecule has 3 heteroatoms. The van der Waals surface area contributed by atoms with Crippen LogP contribution in [-0.2, 0) is 0 Å².